The summed E-state index contributed by atoms with van der Waals surface area (Å²) in [7, 11) is -4.68. The Hall–Kier alpha value is -3.23. The van der Waals surface area contributed by atoms with Gasteiger partial charge in [-0.05, 0) is 42.5 Å². The zero-order valence-corrected chi connectivity index (χ0v) is 19.4. The Morgan fingerprint density at radius 1 is 0.833 bits per heavy atom. The first-order chi connectivity index (χ1) is 16.5. The third-order valence-electron chi connectivity index (χ3n) is 4.44. The molecule has 36 heavy (non-hydrogen) atoms. The van der Waals surface area contributed by atoms with E-state index < -0.39 is 71.2 Å². The number of hydrogen-bond donors (Lipinski definition) is 1. The number of halogens is 8. The summed E-state index contributed by atoms with van der Waals surface area (Å²) in [5.74, 6) is -1.33. The van der Waals surface area contributed by atoms with Gasteiger partial charge in [0.15, 0.2) is 0 Å². The molecule has 3 rings (SSSR count). The standard InChI is InChI=1S/C20H10Cl2F6N2O5S/c21-10-1-4-13(19(23,24)25)16(7-10)29-36(33,34)12-3-6-18(15(22)9-12)35-17-5-2-11(30(31)32)8-14(17)20(26,27)28/h1-9,29H. The molecule has 0 fully saturated rings. The van der Waals surface area contributed by atoms with Crippen molar-refractivity contribution in [3.8, 4) is 11.5 Å². The molecule has 7 nitrogen and oxygen atoms in total. The first-order valence-electron chi connectivity index (χ1n) is 9.21. The molecule has 0 unspecified atom stereocenters. The van der Waals surface area contributed by atoms with Crippen molar-refractivity contribution in [1.82, 2.24) is 0 Å². The number of nitrogens with zero attached hydrogens (tertiary/aromatic N) is 1. The number of sulfonamides is 1. The van der Waals surface area contributed by atoms with Crippen molar-refractivity contribution < 1.29 is 44.4 Å². The van der Waals surface area contributed by atoms with Crippen molar-refractivity contribution in [2.24, 2.45) is 0 Å². The van der Waals surface area contributed by atoms with Crippen LogP contribution in [-0.2, 0) is 22.4 Å². The quantitative estimate of drug-likeness (QED) is 0.186. The highest BCUT2D eigenvalue weighted by molar-refractivity contribution is 7.92. The van der Waals surface area contributed by atoms with E-state index in [9.17, 15) is 44.9 Å². The van der Waals surface area contributed by atoms with Gasteiger partial charge in [0.2, 0.25) is 0 Å². The Balaban J connectivity index is 1.96. The van der Waals surface area contributed by atoms with Gasteiger partial charge in [-0.3, -0.25) is 14.8 Å². The maximum Gasteiger partial charge on any atom is 0.420 e. The molecule has 0 atom stereocenters. The number of nitrogens with one attached hydrogen (secondary N) is 1. The number of nitro groups is 1. The molecule has 0 spiro atoms. The van der Waals surface area contributed by atoms with Gasteiger partial charge in [0, 0.05) is 17.2 Å². The number of benzene rings is 3. The molecule has 3 aromatic rings. The molecule has 3 aromatic carbocycles. The van der Waals surface area contributed by atoms with Crippen molar-refractivity contribution in [2.45, 2.75) is 17.2 Å². The van der Waals surface area contributed by atoms with E-state index in [1.54, 1.807) is 4.72 Å². The van der Waals surface area contributed by atoms with Crippen LogP contribution in [-0.4, -0.2) is 13.3 Å². The lowest BCUT2D eigenvalue weighted by molar-refractivity contribution is -0.385. The molecule has 192 valence electrons. The molecular formula is C20H10Cl2F6N2O5S. The van der Waals surface area contributed by atoms with Crippen LogP contribution >= 0.6 is 23.2 Å². The van der Waals surface area contributed by atoms with E-state index in [-0.39, 0.29) is 11.1 Å². The van der Waals surface area contributed by atoms with E-state index in [0.29, 0.717) is 12.1 Å². The highest BCUT2D eigenvalue weighted by Gasteiger charge is 2.37. The second-order valence-corrected chi connectivity index (χ2v) is 9.45. The number of alkyl halides is 6. The minimum atomic E-state index is -5.05. The third kappa shape index (κ3) is 6.12. The summed E-state index contributed by atoms with van der Waals surface area (Å²) in [5, 5.41) is 10.1. The molecule has 0 radical (unpaired) electrons. The van der Waals surface area contributed by atoms with Crippen LogP contribution in [0.15, 0.2) is 59.5 Å². The fourth-order valence-corrected chi connectivity index (χ4v) is 4.40. The lowest BCUT2D eigenvalue weighted by atomic mass is 10.1. The van der Waals surface area contributed by atoms with Crippen molar-refractivity contribution in [2.75, 3.05) is 4.72 Å². The predicted molar refractivity (Wildman–Crippen MR) is 117 cm³/mol. The van der Waals surface area contributed by atoms with Crippen molar-refractivity contribution in [1.29, 1.82) is 0 Å². The molecular weight excluding hydrogens is 565 g/mol. The van der Waals surface area contributed by atoms with Gasteiger partial charge in [-0.15, -0.1) is 0 Å². The molecule has 16 heteroatoms. The molecule has 0 aliphatic carbocycles. The second kappa shape index (κ2) is 9.67. The fraction of sp³-hybridized carbons (Fsp3) is 0.100. The fourth-order valence-electron chi connectivity index (χ4n) is 2.84. The SMILES string of the molecule is O=[N+]([O-])c1ccc(Oc2ccc(S(=O)(=O)Nc3cc(Cl)ccc3C(F)(F)F)cc2Cl)c(C(F)(F)F)c1. The maximum absolute atomic E-state index is 13.4. The van der Waals surface area contributed by atoms with E-state index in [2.05, 4.69) is 0 Å². The van der Waals surface area contributed by atoms with Crippen LogP contribution in [0, 0.1) is 10.1 Å². The molecule has 0 saturated carbocycles. The Morgan fingerprint density at radius 3 is 2.00 bits per heavy atom. The Bertz CT molecular complexity index is 1450. The smallest absolute Gasteiger partial charge is 0.420 e. The van der Waals surface area contributed by atoms with E-state index in [1.807, 2.05) is 0 Å². The number of anilines is 1. The Kier molecular flexibility index (Phi) is 7.35. The zero-order chi connectivity index (χ0) is 27.1. The lowest BCUT2D eigenvalue weighted by Crippen LogP contribution is -2.17. The van der Waals surface area contributed by atoms with Gasteiger partial charge in [0.1, 0.15) is 17.1 Å². The largest absolute Gasteiger partial charge is 0.455 e. The first kappa shape index (κ1) is 27.4. The summed E-state index contributed by atoms with van der Waals surface area (Å²) in [6.07, 6.45) is -9.97. The summed E-state index contributed by atoms with van der Waals surface area (Å²) in [4.78, 5) is 9.12. The third-order valence-corrected chi connectivity index (χ3v) is 6.34. The van der Waals surface area contributed by atoms with Gasteiger partial charge >= 0.3 is 12.4 Å². The van der Waals surface area contributed by atoms with E-state index in [1.165, 1.54) is 0 Å². The van der Waals surface area contributed by atoms with Gasteiger partial charge in [0.25, 0.3) is 15.7 Å². The topological polar surface area (TPSA) is 98.5 Å². The zero-order valence-electron chi connectivity index (χ0n) is 17.1. The molecule has 0 bridgehead atoms. The normalized spacial score (nSPS) is 12.3. The van der Waals surface area contributed by atoms with Crippen LogP contribution in [0.4, 0.5) is 37.7 Å². The average Bonchev–Trinajstić information content (AvgIpc) is 2.73. The van der Waals surface area contributed by atoms with Gasteiger partial charge in [-0.1, -0.05) is 23.2 Å². The summed E-state index contributed by atoms with van der Waals surface area (Å²) in [5.41, 5.74) is -4.54. The minimum Gasteiger partial charge on any atom is -0.455 e. The van der Waals surface area contributed by atoms with Gasteiger partial charge in [-0.25, -0.2) is 8.42 Å². The molecule has 0 aliphatic rings. The summed E-state index contributed by atoms with van der Waals surface area (Å²) in [6.45, 7) is 0. The molecule has 0 aliphatic heterocycles. The van der Waals surface area contributed by atoms with Gasteiger partial charge in [-0.2, -0.15) is 26.3 Å². The summed E-state index contributed by atoms with van der Waals surface area (Å²) in [6, 6.07) is 6.33. The van der Waals surface area contributed by atoms with Crippen LogP contribution < -0.4 is 9.46 Å². The molecule has 0 aromatic heterocycles. The van der Waals surface area contributed by atoms with Gasteiger partial charge < -0.3 is 4.74 Å². The van der Waals surface area contributed by atoms with Crippen molar-refractivity contribution in [3.63, 3.8) is 0 Å². The minimum absolute atomic E-state index is 0.189. The first-order valence-corrected chi connectivity index (χ1v) is 11.5. The number of non-ortho nitro benzene ring substituents is 1. The Morgan fingerprint density at radius 2 is 1.44 bits per heavy atom. The highest BCUT2D eigenvalue weighted by Crippen LogP contribution is 2.42. The van der Waals surface area contributed by atoms with Crippen LogP contribution in [0.25, 0.3) is 0 Å². The van der Waals surface area contributed by atoms with Crippen LogP contribution in [0.1, 0.15) is 11.1 Å². The number of rotatable bonds is 6. The molecule has 0 saturated heterocycles. The lowest BCUT2D eigenvalue weighted by Gasteiger charge is -2.16. The van der Waals surface area contributed by atoms with E-state index in [4.69, 9.17) is 27.9 Å². The monoisotopic (exact) mass is 574 g/mol. The van der Waals surface area contributed by atoms with Crippen molar-refractivity contribution >= 4 is 44.6 Å². The maximum atomic E-state index is 13.4. The molecule has 1 N–H and O–H groups in total. The van der Waals surface area contributed by atoms with Crippen LogP contribution in [0.3, 0.4) is 0 Å². The average molecular weight is 575 g/mol. The van der Waals surface area contributed by atoms with E-state index >= 15 is 0 Å². The van der Waals surface area contributed by atoms with Crippen molar-refractivity contribution in [3.05, 3.63) is 85.9 Å². The van der Waals surface area contributed by atoms with Crippen LogP contribution in [0.2, 0.25) is 10.0 Å². The van der Waals surface area contributed by atoms with Gasteiger partial charge in [0.05, 0.1) is 26.1 Å². The predicted octanol–water partition coefficient (Wildman–Crippen LogP) is 7.53. The summed E-state index contributed by atoms with van der Waals surface area (Å²) >= 11 is 11.6. The second-order valence-electron chi connectivity index (χ2n) is 6.92. The molecule has 0 heterocycles. The number of nitro benzene ring substituents is 1. The van der Waals surface area contributed by atoms with E-state index in [0.717, 1.165) is 36.4 Å². The molecule has 0 amide bonds. The number of ether oxygens (including phenoxy) is 1. The highest BCUT2D eigenvalue weighted by atomic mass is 35.5. The Labute approximate surface area is 208 Å². The number of hydrogen-bond acceptors (Lipinski definition) is 5. The summed E-state index contributed by atoms with van der Waals surface area (Å²) < 4.78 is 112. The van der Waals surface area contributed by atoms with Crippen LogP contribution in [0.5, 0.6) is 11.5 Å².